The van der Waals surface area contributed by atoms with Crippen LogP contribution in [0, 0.1) is 5.92 Å². The van der Waals surface area contributed by atoms with Gasteiger partial charge in [-0.25, -0.2) is 9.98 Å². The first-order valence-corrected chi connectivity index (χ1v) is 7.54. The Hall–Kier alpha value is -2.63. The van der Waals surface area contributed by atoms with Gasteiger partial charge >= 0.3 is 0 Å². The Morgan fingerprint density at radius 3 is 2.74 bits per heavy atom. The number of ether oxygens (including phenoxy) is 2. The summed E-state index contributed by atoms with van der Waals surface area (Å²) >= 11 is 0. The molecule has 6 heteroatoms. The van der Waals surface area contributed by atoms with Crippen LogP contribution < -0.4 is 10.1 Å². The SMILES string of the molecule is C=COCCC1C(=O)NC(=Nc2ccc(OCC)cc2)N=C1C. The maximum absolute atomic E-state index is 12.2. The monoisotopic (exact) mass is 315 g/mol. The number of hydrogen-bond donors (Lipinski definition) is 1. The molecule has 1 aromatic carbocycles. The summed E-state index contributed by atoms with van der Waals surface area (Å²) in [5, 5.41) is 2.72. The molecule has 1 unspecified atom stereocenters. The summed E-state index contributed by atoms with van der Waals surface area (Å²) in [4.78, 5) is 20.9. The molecule has 23 heavy (non-hydrogen) atoms. The van der Waals surface area contributed by atoms with Gasteiger partial charge in [0.1, 0.15) is 5.75 Å². The molecule has 0 saturated carbocycles. The van der Waals surface area contributed by atoms with E-state index in [2.05, 4.69) is 21.9 Å². The second-order valence-corrected chi connectivity index (χ2v) is 4.98. The molecular formula is C17H21N3O3. The Bertz CT molecular complexity index is 620. The first-order chi connectivity index (χ1) is 11.1. The molecule has 0 fully saturated rings. The van der Waals surface area contributed by atoms with E-state index >= 15 is 0 Å². The molecule has 0 bridgehead atoms. The Kier molecular flexibility index (Phi) is 5.91. The van der Waals surface area contributed by atoms with Crippen LogP contribution in [-0.4, -0.2) is 30.8 Å². The minimum Gasteiger partial charge on any atom is -0.502 e. The van der Waals surface area contributed by atoms with Crippen LogP contribution >= 0.6 is 0 Å². The number of amides is 1. The number of carbonyl (C=O) groups is 1. The van der Waals surface area contributed by atoms with Crippen molar-refractivity contribution in [3.05, 3.63) is 37.1 Å². The highest BCUT2D eigenvalue weighted by atomic mass is 16.5. The quantitative estimate of drug-likeness (QED) is 0.621. The van der Waals surface area contributed by atoms with Crippen LogP contribution in [-0.2, 0) is 9.53 Å². The van der Waals surface area contributed by atoms with Gasteiger partial charge in [-0.05, 0) is 44.5 Å². The molecule has 1 aromatic rings. The number of aliphatic imine (C=N–C) groups is 2. The molecule has 1 N–H and O–H groups in total. The van der Waals surface area contributed by atoms with Crippen LogP contribution in [0.4, 0.5) is 5.69 Å². The van der Waals surface area contributed by atoms with Crippen molar-refractivity contribution in [1.82, 2.24) is 5.32 Å². The van der Waals surface area contributed by atoms with Crippen LogP contribution in [0.3, 0.4) is 0 Å². The van der Waals surface area contributed by atoms with E-state index in [0.717, 1.165) is 11.5 Å². The van der Waals surface area contributed by atoms with E-state index in [0.29, 0.717) is 31.3 Å². The largest absolute Gasteiger partial charge is 0.502 e. The van der Waals surface area contributed by atoms with E-state index < -0.39 is 0 Å². The van der Waals surface area contributed by atoms with Gasteiger partial charge in [-0.2, -0.15) is 0 Å². The van der Waals surface area contributed by atoms with Crippen molar-refractivity contribution in [1.29, 1.82) is 0 Å². The second kappa shape index (κ2) is 8.12. The van der Waals surface area contributed by atoms with Crippen molar-refractivity contribution in [3.8, 4) is 5.75 Å². The topological polar surface area (TPSA) is 72.3 Å². The van der Waals surface area contributed by atoms with Crippen LogP contribution in [0.5, 0.6) is 5.75 Å². The molecule has 1 aliphatic heterocycles. The van der Waals surface area contributed by atoms with Gasteiger partial charge < -0.3 is 9.47 Å². The van der Waals surface area contributed by atoms with Crippen LogP contribution in [0.2, 0.25) is 0 Å². The predicted molar refractivity (Wildman–Crippen MR) is 90.2 cm³/mol. The molecule has 122 valence electrons. The van der Waals surface area contributed by atoms with Gasteiger partial charge in [0.05, 0.1) is 31.1 Å². The third kappa shape index (κ3) is 4.67. The number of nitrogens with one attached hydrogen (secondary N) is 1. The van der Waals surface area contributed by atoms with E-state index in [1.807, 2.05) is 38.1 Å². The van der Waals surface area contributed by atoms with Crippen LogP contribution in [0.15, 0.2) is 47.1 Å². The van der Waals surface area contributed by atoms with Gasteiger partial charge in [0.15, 0.2) is 0 Å². The Morgan fingerprint density at radius 1 is 1.39 bits per heavy atom. The zero-order valence-electron chi connectivity index (χ0n) is 13.4. The number of carbonyl (C=O) groups excluding carboxylic acids is 1. The van der Waals surface area contributed by atoms with Crippen molar-refractivity contribution in [2.24, 2.45) is 15.9 Å². The van der Waals surface area contributed by atoms with Crippen molar-refractivity contribution in [2.75, 3.05) is 13.2 Å². The lowest BCUT2D eigenvalue weighted by Gasteiger charge is -2.21. The van der Waals surface area contributed by atoms with Gasteiger partial charge in [0.25, 0.3) is 0 Å². The average molecular weight is 315 g/mol. The number of hydrogen-bond acceptors (Lipinski definition) is 4. The van der Waals surface area contributed by atoms with E-state index in [1.165, 1.54) is 6.26 Å². The minimum absolute atomic E-state index is 0.116. The molecule has 1 atom stereocenters. The van der Waals surface area contributed by atoms with E-state index in [9.17, 15) is 4.79 Å². The summed E-state index contributed by atoms with van der Waals surface area (Å²) in [7, 11) is 0. The second-order valence-electron chi connectivity index (χ2n) is 4.98. The zero-order chi connectivity index (χ0) is 16.7. The number of nitrogens with zero attached hydrogens (tertiary/aromatic N) is 2. The average Bonchev–Trinajstić information content (AvgIpc) is 2.52. The Balaban J connectivity index is 2.08. The first kappa shape index (κ1) is 16.7. The number of rotatable bonds is 7. The third-order valence-electron chi connectivity index (χ3n) is 3.36. The highest BCUT2D eigenvalue weighted by molar-refractivity contribution is 6.17. The van der Waals surface area contributed by atoms with Crippen molar-refractivity contribution in [3.63, 3.8) is 0 Å². The molecule has 0 saturated heterocycles. The third-order valence-corrected chi connectivity index (χ3v) is 3.36. The van der Waals surface area contributed by atoms with E-state index in [-0.39, 0.29) is 11.8 Å². The highest BCUT2D eigenvalue weighted by Gasteiger charge is 2.27. The molecule has 0 aliphatic carbocycles. The molecule has 0 spiro atoms. The van der Waals surface area contributed by atoms with Gasteiger partial charge in [-0.15, -0.1) is 0 Å². The maximum atomic E-state index is 12.2. The van der Waals surface area contributed by atoms with E-state index in [4.69, 9.17) is 9.47 Å². The molecule has 6 nitrogen and oxygen atoms in total. The van der Waals surface area contributed by atoms with Gasteiger partial charge in [0, 0.05) is 5.71 Å². The van der Waals surface area contributed by atoms with Crippen LogP contribution in [0.1, 0.15) is 20.3 Å². The standard InChI is InChI=1S/C17H21N3O3/c1-4-22-11-10-15-12(3)18-17(20-16(15)21)19-13-6-8-14(9-7-13)23-5-2/h4,6-9,15H,1,5,10-11H2,2-3H3,(H,19,20,21). The molecule has 1 heterocycles. The first-order valence-electron chi connectivity index (χ1n) is 7.54. The van der Waals surface area contributed by atoms with Crippen LogP contribution in [0.25, 0.3) is 0 Å². The molecule has 2 rings (SSSR count). The molecule has 1 amide bonds. The normalized spacial score (nSPS) is 19.0. The summed E-state index contributed by atoms with van der Waals surface area (Å²) < 4.78 is 10.5. The zero-order valence-corrected chi connectivity index (χ0v) is 13.4. The predicted octanol–water partition coefficient (Wildman–Crippen LogP) is 2.83. The summed E-state index contributed by atoms with van der Waals surface area (Å²) in [6.07, 6.45) is 1.93. The Labute approximate surface area is 135 Å². The van der Waals surface area contributed by atoms with Gasteiger partial charge in [0.2, 0.25) is 11.9 Å². The maximum Gasteiger partial charge on any atom is 0.235 e. The van der Waals surface area contributed by atoms with Crippen molar-refractivity contribution in [2.45, 2.75) is 20.3 Å². The van der Waals surface area contributed by atoms with Crippen molar-refractivity contribution >= 4 is 23.3 Å². The smallest absolute Gasteiger partial charge is 0.235 e. The molecule has 0 radical (unpaired) electrons. The number of guanidine groups is 1. The summed E-state index contributed by atoms with van der Waals surface area (Å²) in [6.45, 7) is 8.28. The minimum atomic E-state index is -0.297. The fourth-order valence-electron chi connectivity index (χ4n) is 2.23. The van der Waals surface area contributed by atoms with Gasteiger partial charge in [-0.3, -0.25) is 10.1 Å². The number of benzene rings is 1. The lowest BCUT2D eigenvalue weighted by molar-refractivity contribution is -0.122. The summed E-state index contributed by atoms with van der Waals surface area (Å²) in [5.74, 6) is 0.674. The lowest BCUT2D eigenvalue weighted by atomic mass is 9.98. The van der Waals surface area contributed by atoms with Gasteiger partial charge in [-0.1, -0.05) is 6.58 Å². The lowest BCUT2D eigenvalue weighted by Crippen LogP contribution is -2.43. The van der Waals surface area contributed by atoms with E-state index in [1.54, 1.807) is 0 Å². The molecule has 0 aromatic heterocycles. The Morgan fingerprint density at radius 2 is 2.13 bits per heavy atom. The molecular weight excluding hydrogens is 294 g/mol. The fraction of sp³-hybridized carbons (Fsp3) is 0.353. The highest BCUT2D eigenvalue weighted by Crippen LogP contribution is 2.19. The summed E-state index contributed by atoms with van der Waals surface area (Å²) in [6, 6.07) is 7.30. The van der Waals surface area contributed by atoms with Crippen molar-refractivity contribution < 1.29 is 14.3 Å². The summed E-state index contributed by atoms with van der Waals surface area (Å²) in [5.41, 5.74) is 1.43. The molecule has 1 aliphatic rings. The fourth-order valence-corrected chi connectivity index (χ4v) is 2.23.